The van der Waals surface area contributed by atoms with E-state index in [0.29, 0.717) is 13.1 Å². The van der Waals surface area contributed by atoms with Gasteiger partial charge in [0, 0.05) is 18.7 Å². The van der Waals surface area contributed by atoms with Crippen LogP contribution in [-0.4, -0.2) is 31.7 Å². The van der Waals surface area contributed by atoms with Gasteiger partial charge in [0.1, 0.15) is 4.90 Å². The molecule has 1 amide bonds. The molecule has 2 aromatic carbocycles. The van der Waals surface area contributed by atoms with E-state index in [1.807, 2.05) is 39.0 Å². The minimum Gasteiger partial charge on any atom is -0.346 e. The normalized spacial score (nSPS) is 16.1. The minimum absolute atomic E-state index is 0.0110. The van der Waals surface area contributed by atoms with E-state index in [9.17, 15) is 13.2 Å². The van der Waals surface area contributed by atoms with Crippen LogP contribution in [0.3, 0.4) is 0 Å². The Kier molecular flexibility index (Phi) is 6.12. The van der Waals surface area contributed by atoms with Crippen molar-refractivity contribution < 1.29 is 13.2 Å². The van der Waals surface area contributed by atoms with E-state index in [-0.39, 0.29) is 27.4 Å². The summed E-state index contributed by atoms with van der Waals surface area (Å²) in [5.41, 5.74) is 3.52. The summed E-state index contributed by atoms with van der Waals surface area (Å²) in [6.45, 7) is 6.89. The number of amides is 1. The third-order valence-corrected chi connectivity index (χ3v) is 7.51. The highest BCUT2D eigenvalue weighted by Gasteiger charge is 2.30. The Hall–Kier alpha value is -1.89. The van der Waals surface area contributed by atoms with Gasteiger partial charge in [-0.25, -0.2) is 8.42 Å². The first-order valence-corrected chi connectivity index (χ1v) is 11.2. The lowest BCUT2D eigenvalue weighted by atomic mass is 10.00. The topological polar surface area (TPSA) is 66.5 Å². The molecular weight excluding hydrogens is 396 g/mol. The Balaban J connectivity index is 1.85. The molecule has 0 spiro atoms. The van der Waals surface area contributed by atoms with Crippen molar-refractivity contribution in [3.8, 4) is 0 Å². The number of hydrogen-bond donors (Lipinski definition) is 1. The fourth-order valence-corrected chi connectivity index (χ4v) is 5.51. The van der Waals surface area contributed by atoms with Gasteiger partial charge in [0.25, 0.3) is 5.91 Å². The molecule has 1 aliphatic heterocycles. The number of sulfonamides is 1. The standard InChI is InChI=1S/C21H25ClN2O3S/c1-14-6-7-15(2)18(12-14)16(3)23-21(25)17-8-9-19(22)20(13-17)28(26,27)24-10-4-5-11-24/h6-9,12-13,16H,4-5,10-11H2,1-3H3,(H,23,25)/t16-/m1/s1. The zero-order valence-electron chi connectivity index (χ0n) is 16.3. The van der Waals surface area contributed by atoms with Crippen LogP contribution in [0.5, 0.6) is 0 Å². The first-order valence-electron chi connectivity index (χ1n) is 9.38. The maximum absolute atomic E-state index is 12.9. The Morgan fingerprint density at radius 2 is 1.79 bits per heavy atom. The molecule has 1 saturated heterocycles. The van der Waals surface area contributed by atoms with Gasteiger partial charge in [-0.05, 0) is 62.9 Å². The first-order chi connectivity index (χ1) is 13.2. The molecule has 7 heteroatoms. The third kappa shape index (κ3) is 4.24. The summed E-state index contributed by atoms with van der Waals surface area (Å²) in [6, 6.07) is 10.3. The molecule has 2 aromatic rings. The number of aryl methyl sites for hydroxylation is 2. The van der Waals surface area contributed by atoms with Crippen molar-refractivity contribution in [1.82, 2.24) is 9.62 Å². The Bertz CT molecular complexity index is 999. The number of hydrogen-bond acceptors (Lipinski definition) is 3. The Morgan fingerprint density at radius 3 is 2.46 bits per heavy atom. The van der Waals surface area contributed by atoms with Crippen LogP contribution in [0.1, 0.15) is 52.9 Å². The Labute approximate surface area is 171 Å². The molecule has 0 bridgehead atoms. The SMILES string of the molecule is Cc1ccc(C)c([C@@H](C)NC(=O)c2ccc(Cl)c(S(=O)(=O)N3CCCC3)c2)c1. The smallest absolute Gasteiger partial charge is 0.251 e. The monoisotopic (exact) mass is 420 g/mol. The summed E-state index contributed by atoms with van der Waals surface area (Å²) in [6.07, 6.45) is 1.68. The second-order valence-corrected chi connectivity index (χ2v) is 9.63. The number of carbonyl (C=O) groups excluding carboxylic acids is 1. The summed E-state index contributed by atoms with van der Waals surface area (Å²) in [7, 11) is -3.70. The number of nitrogens with zero attached hydrogens (tertiary/aromatic N) is 1. The molecule has 0 unspecified atom stereocenters. The van der Waals surface area contributed by atoms with Crippen LogP contribution in [0.25, 0.3) is 0 Å². The van der Waals surface area contributed by atoms with Gasteiger partial charge in [-0.3, -0.25) is 4.79 Å². The summed E-state index contributed by atoms with van der Waals surface area (Å²) < 4.78 is 27.2. The molecule has 150 valence electrons. The lowest BCUT2D eigenvalue weighted by Crippen LogP contribution is -2.29. The van der Waals surface area contributed by atoms with Gasteiger partial charge in [0.15, 0.2) is 0 Å². The molecule has 5 nitrogen and oxygen atoms in total. The van der Waals surface area contributed by atoms with Gasteiger partial charge < -0.3 is 5.32 Å². The van der Waals surface area contributed by atoms with Crippen molar-refractivity contribution in [2.45, 2.75) is 44.6 Å². The van der Waals surface area contributed by atoms with E-state index < -0.39 is 10.0 Å². The minimum atomic E-state index is -3.70. The highest BCUT2D eigenvalue weighted by atomic mass is 35.5. The summed E-state index contributed by atoms with van der Waals surface area (Å²) in [5.74, 6) is -0.331. The quantitative estimate of drug-likeness (QED) is 0.786. The average Bonchev–Trinajstić information content (AvgIpc) is 3.19. The molecule has 1 heterocycles. The van der Waals surface area contributed by atoms with E-state index in [2.05, 4.69) is 5.32 Å². The molecule has 0 aliphatic carbocycles. The summed E-state index contributed by atoms with van der Waals surface area (Å²) in [5, 5.41) is 3.09. The van der Waals surface area contributed by atoms with Gasteiger partial charge in [0.2, 0.25) is 10.0 Å². The van der Waals surface area contributed by atoms with Crippen LogP contribution in [0.15, 0.2) is 41.3 Å². The largest absolute Gasteiger partial charge is 0.346 e. The van der Waals surface area contributed by atoms with Crippen LogP contribution in [-0.2, 0) is 10.0 Å². The Morgan fingerprint density at radius 1 is 1.11 bits per heavy atom. The van der Waals surface area contributed by atoms with Crippen LogP contribution in [0.4, 0.5) is 0 Å². The van der Waals surface area contributed by atoms with E-state index in [0.717, 1.165) is 29.5 Å². The number of rotatable bonds is 5. The molecule has 1 N–H and O–H groups in total. The van der Waals surface area contributed by atoms with Crippen molar-refractivity contribution >= 4 is 27.5 Å². The maximum Gasteiger partial charge on any atom is 0.251 e. The second kappa shape index (κ2) is 8.23. The van der Waals surface area contributed by atoms with Crippen molar-refractivity contribution in [3.05, 3.63) is 63.7 Å². The number of nitrogens with one attached hydrogen (secondary N) is 1. The third-order valence-electron chi connectivity index (χ3n) is 5.13. The zero-order valence-corrected chi connectivity index (χ0v) is 17.9. The molecule has 0 aromatic heterocycles. The van der Waals surface area contributed by atoms with Crippen LogP contribution < -0.4 is 5.32 Å². The van der Waals surface area contributed by atoms with E-state index in [1.165, 1.54) is 16.4 Å². The van der Waals surface area contributed by atoms with Crippen molar-refractivity contribution in [1.29, 1.82) is 0 Å². The predicted molar refractivity (Wildman–Crippen MR) is 111 cm³/mol. The van der Waals surface area contributed by atoms with Crippen molar-refractivity contribution in [2.24, 2.45) is 0 Å². The van der Waals surface area contributed by atoms with Crippen LogP contribution in [0.2, 0.25) is 5.02 Å². The fourth-order valence-electron chi connectivity index (χ4n) is 3.49. The predicted octanol–water partition coefficient (Wildman–Crippen LogP) is 4.23. The zero-order chi connectivity index (χ0) is 20.5. The molecule has 0 saturated carbocycles. The van der Waals surface area contributed by atoms with Gasteiger partial charge in [-0.15, -0.1) is 0 Å². The average molecular weight is 421 g/mol. The van der Waals surface area contributed by atoms with Gasteiger partial charge >= 0.3 is 0 Å². The molecule has 1 aliphatic rings. The van der Waals surface area contributed by atoms with Crippen LogP contribution in [0, 0.1) is 13.8 Å². The second-order valence-electron chi connectivity index (χ2n) is 7.31. The fraction of sp³-hybridized carbons (Fsp3) is 0.381. The van der Waals surface area contributed by atoms with E-state index in [1.54, 1.807) is 6.07 Å². The van der Waals surface area contributed by atoms with Gasteiger partial charge in [-0.1, -0.05) is 35.4 Å². The van der Waals surface area contributed by atoms with Crippen molar-refractivity contribution in [2.75, 3.05) is 13.1 Å². The molecule has 1 fully saturated rings. The molecule has 0 radical (unpaired) electrons. The van der Waals surface area contributed by atoms with Crippen LogP contribution >= 0.6 is 11.6 Å². The maximum atomic E-state index is 12.9. The van der Waals surface area contributed by atoms with E-state index >= 15 is 0 Å². The number of carbonyl (C=O) groups is 1. The highest BCUT2D eigenvalue weighted by Crippen LogP contribution is 2.28. The summed E-state index contributed by atoms with van der Waals surface area (Å²) in [4.78, 5) is 12.8. The molecular formula is C21H25ClN2O3S. The molecule has 3 rings (SSSR count). The van der Waals surface area contributed by atoms with Gasteiger partial charge in [-0.2, -0.15) is 4.31 Å². The highest BCUT2D eigenvalue weighted by molar-refractivity contribution is 7.89. The number of halogens is 1. The molecule has 1 atom stereocenters. The number of benzene rings is 2. The van der Waals surface area contributed by atoms with Crippen molar-refractivity contribution in [3.63, 3.8) is 0 Å². The molecule has 28 heavy (non-hydrogen) atoms. The lowest BCUT2D eigenvalue weighted by molar-refractivity contribution is 0.0939. The van der Waals surface area contributed by atoms with Gasteiger partial charge in [0.05, 0.1) is 11.1 Å². The lowest BCUT2D eigenvalue weighted by Gasteiger charge is -2.19. The summed E-state index contributed by atoms with van der Waals surface area (Å²) >= 11 is 6.17. The first kappa shape index (κ1) is 20.8. The van der Waals surface area contributed by atoms with E-state index in [4.69, 9.17) is 11.6 Å².